The van der Waals surface area contributed by atoms with Gasteiger partial charge in [-0.05, 0) is 31.5 Å². The predicted octanol–water partition coefficient (Wildman–Crippen LogP) is 1.82. The van der Waals surface area contributed by atoms with Gasteiger partial charge >= 0.3 is 0 Å². The van der Waals surface area contributed by atoms with Gasteiger partial charge < -0.3 is 5.73 Å². The first-order valence-electron chi connectivity index (χ1n) is 4.48. The van der Waals surface area contributed by atoms with Crippen molar-refractivity contribution in [3.8, 4) is 0 Å². The molecular formula is C10H15ClN2O. The zero-order valence-corrected chi connectivity index (χ0v) is 8.80. The molecule has 0 aliphatic carbocycles. The number of halogens is 1. The molecule has 1 aromatic heterocycles. The highest BCUT2D eigenvalue weighted by atomic mass is 35.5. The topological polar surface area (TPSA) is 56.0 Å². The zero-order valence-electron chi connectivity index (χ0n) is 7.98. The number of hydrogen-bond donors (Lipinski definition) is 1. The molecule has 0 aliphatic rings. The van der Waals surface area contributed by atoms with Crippen molar-refractivity contribution in [2.45, 2.75) is 19.3 Å². The molecule has 0 unspecified atom stereocenters. The van der Waals surface area contributed by atoms with E-state index in [0.717, 1.165) is 12.8 Å². The molecule has 2 N–H and O–H groups in total. The summed E-state index contributed by atoms with van der Waals surface area (Å²) >= 11 is 0. The Morgan fingerprint density at radius 3 is 2.79 bits per heavy atom. The monoisotopic (exact) mass is 214 g/mol. The number of carbonyl (C=O) groups excluding carboxylic acids is 1. The molecule has 0 bridgehead atoms. The molecule has 1 aromatic rings. The minimum atomic E-state index is 0. The molecule has 0 aromatic carbocycles. The lowest BCUT2D eigenvalue weighted by Gasteiger charge is -1.98. The fourth-order valence-corrected chi connectivity index (χ4v) is 1.10. The van der Waals surface area contributed by atoms with Gasteiger partial charge in [0.1, 0.15) is 0 Å². The number of nitrogens with two attached hydrogens (primary N) is 1. The lowest BCUT2D eigenvalue weighted by atomic mass is 10.1. The largest absolute Gasteiger partial charge is 0.330 e. The quantitative estimate of drug-likeness (QED) is 0.601. The fourth-order valence-electron chi connectivity index (χ4n) is 1.10. The molecule has 0 saturated heterocycles. The van der Waals surface area contributed by atoms with E-state index in [-0.39, 0.29) is 18.2 Å². The molecular weight excluding hydrogens is 200 g/mol. The van der Waals surface area contributed by atoms with Crippen LogP contribution in [0.5, 0.6) is 0 Å². The number of hydrogen-bond acceptors (Lipinski definition) is 3. The third-order valence-electron chi connectivity index (χ3n) is 1.84. The highest BCUT2D eigenvalue weighted by molar-refractivity contribution is 5.95. The first-order chi connectivity index (χ1) is 6.34. The molecule has 3 nitrogen and oxygen atoms in total. The van der Waals surface area contributed by atoms with Gasteiger partial charge in [-0.15, -0.1) is 12.4 Å². The fraction of sp³-hybridized carbons (Fsp3) is 0.400. The van der Waals surface area contributed by atoms with Crippen molar-refractivity contribution < 1.29 is 4.79 Å². The summed E-state index contributed by atoms with van der Waals surface area (Å²) in [6.07, 6.45) is 5.61. The van der Waals surface area contributed by atoms with Crippen molar-refractivity contribution in [3.05, 3.63) is 30.1 Å². The molecule has 0 aliphatic heterocycles. The average molecular weight is 215 g/mol. The van der Waals surface area contributed by atoms with Crippen molar-refractivity contribution in [1.82, 2.24) is 4.98 Å². The van der Waals surface area contributed by atoms with Crippen LogP contribution in [0.4, 0.5) is 0 Å². The van der Waals surface area contributed by atoms with Crippen LogP contribution in [0.25, 0.3) is 0 Å². The molecule has 14 heavy (non-hydrogen) atoms. The van der Waals surface area contributed by atoms with E-state index in [0.29, 0.717) is 18.5 Å². The Hall–Kier alpha value is -0.930. The normalized spacial score (nSPS) is 9.21. The van der Waals surface area contributed by atoms with Crippen LogP contribution >= 0.6 is 12.4 Å². The van der Waals surface area contributed by atoms with Crippen molar-refractivity contribution >= 4 is 18.2 Å². The van der Waals surface area contributed by atoms with Crippen LogP contribution in [0.2, 0.25) is 0 Å². The Bertz CT molecular complexity index is 264. The maximum atomic E-state index is 11.4. The Balaban J connectivity index is 0.00000169. The lowest BCUT2D eigenvalue weighted by Crippen LogP contribution is -2.02. The van der Waals surface area contributed by atoms with E-state index in [4.69, 9.17) is 5.73 Å². The number of Topliss-reactive ketones (excluding diaryl/α,β-unsaturated/α-hetero) is 1. The molecule has 0 fully saturated rings. The number of ketones is 1. The standard InChI is InChI=1S/C10H14N2O.ClH/c11-6-2-1-5-10(13)9-4-3-7-12-8-9;/h3-4,7-8H,1-2,5-6,11H2;1H. The maximum Gasteiger partial charge on any atom is 0.164 e. The van der Waals surface area contributed by atoms with Crippen molar-refractivity contribution in [1.29, 1.82) is 0 Å². The summed E-state index contributed by atoms with van der Waals surface area (Å²) in [7, 11) is 0. The SMILES string of the molecule is Cl.NCCCCC(=O)c1cccnc1. The van der Waals surface area contributed by atoms with E-state index < -0.39 is 0 Å². The van der Waals surface area contributed by atoms with Crippen LogP contribution in [-0.4, -0.2) is 17.3 Å². The van der Waals surface area contributed by atoms with E-state index in [1.807, 2.05) is 0 Å². The molecule has 4 heteroatoms. The number of unbranched alkanes of at least 4 members (excludes halogenated alkanes) is 1. The second-order valence-corrected chi connectivity index (χ2v) is 2.91. The molecule has 1 heterocycles. The first-order valence-corrected chi connectivity index (χ1v) is 4.48. The van der Waals surface area contributed by atoms with Crippen LogP contribution in [0.3, 0.4) is 0 Å². The van der Waals surface area contributed by atoms with Gasteiger partial charge in [0.15, 0.2) is 5.78 Å². The first kappa shape index (κ1) is 13.1. The summed E-state index contributed by atoms with van der Waals surface area (Å²) in [6, 6.07) is 3.56. The number of aromatic nitrogens is 1. The van der Waals surface area contributed by atoms with Crippen molar-refractivity contribution in [3.63, 3.8) is 0 Å². The Labute approximate surface area is 90.1 Å². The number of rotatable bonds is 5. The van der Waals surface area contributed by atoms with E-state index in [2.05, 4.69) is 4.98 Å². The van der Waals surface area contributed by atoms with Gasteiger partial charge in [0.25, 0.3) is 0 Å². The van der Waals surface area contributed by atoms with Gasteiger partial charge in [0.05, 0.1) is 0 Å². The summed E-state index contributed by atoms with van der Waals surface area (Å²) in [5.74, 6) is 0.154. The van der Waals surface area contributed by atoms with Crippen LogP contribution in [0.1, 0.15) is 29.6 Å². The second kappa shape index (κ2) is 7.47. The van der Waals surface area contributed by atoms with Gasteiger partial charge in [-0.1, -0.05) is 0 Å². The van der Waals surface area contributed by atoms with E-state index in [1.54, 1.807) is 24.5 Å². The zero-order chi connectivity index (χ0) is 9.52. The van der Waals surface area contributed by atoms with Gasteiger partial charge in [0.2, 0.25) is 0 Å². The number of carbonyl (C=O) groups is 1. The summed E-state index contributed by atoms with van der Waals surface area (Å²) in [5.41, 5.74) is 6.02. The van der Waals surface area contributed by atoms with Crippen molar-refractivity contribution in [2.24, 2.45) is 5.73 Å². The minimum Gasteiger partial charge on any atom is -0.330 e. The van der Waals surface area contributed by atoms with Crippen LogP contribution < -0.4 is 5.73 Å². The van der Waals surface area contributed by atoms with Crippen LogP contribution in [0, 0.1) is 0 Å². The summed E-state index contributed by atoms with van der Waals surface area (Å²) in [6.45, 7) is 0.653. The molecule has 0 radical (unpaired) electrons. The Morgan fingerprint density at radius 1 is 1.43 bits per heavy atom. The number of pyridine rings is 1. The molecule has 0 spiro atoms. The highest BCUT2D eigenvalue weighted by Gasteiger charge is 2.03. The maximum absolute atomic E-state index is 11.4. The molecule has 0 amide bonds. The van der Waals surface area contributed by atoms with E-state index >= 15 is 0 Å². The summed E-state index contributed by atoms with van der Waals surface area (Å²) < 4.78 is 0. The van der Waals surface area contributed by atoms with Crippen LogP contribution in [-0.2, 0) is 0 Å². The third-order valence-corrected chi connectivity index (χ3v) is 1.84. The lowest BCUT2D eigenvalue weighted by molar-refractivity contribution is 0.0979. The smallest absolute Gasteiger partial charge is 0.164 e. The average Bonchev–Trinajstić information content (AvgIpc) is 2.19. The van der Waals surface area contributed by atoms with Gasteiger partial charge in [-0.2, -0.15) is 0 Å². The van der Waals surface area contributed by atoms with E-state index in [1.165, 1.54) is 0 Å². The Morgan fingerprint density at radius 2 is 2.21 bits per heavy atom. The molecule has 78 valence electrons. The minimum absolute atomic E-state index is 0. The van der Waals surface area contributed by atoms with Gasteiger partial charge in [-0.3, -0.25) is 9.78 Å². The van der Waals surface area contributed by atoms with Crippen LogP contribution in [0.15, 0.2) is 24.5 Å². The van der Waals surface area contributed by atoms with Crippen molar-refractivity contribution in [2.75, 3.05) is 6.54 Å². The summed E-state index contributed by atoms with van der Waals surface area (Å²) in [5, 5.41) is 0. The van der Waals surface area contributed by atoms with E-state index in [9.17, 15) is 4.79 Å². The van der Waals surface area contributed by atoms with Gasteiger partial charge in [-0.25, -0.2) is 0 Å². The Kier molecular flexibility index (Phi) is 6.98. The van der Waals surface area contributed by atoms with Gasteiger partial charge in [0, 0.05) is 24.4 Å². The summed E-state index contributed by atoms with van der Waals surface area (Å²) in [4.78, 5) is 15.3. The third kappa shape index (κ3) is 4.35. The highest BCUT2D eigenvalue weighted by Crippen LogP contribution is 2.04. The number of nitrogens with zero attached hydrogens (tertiary/aromatic N) is 1. The molecule has 0 atom stereocenters. The molecule has 1 rings (SSSR count). The molecule has 0 saturated carbocycles. The predicted molar refractivity (Wildman–Crippen MR) is 58.7 cm³/mol. The second-order valence-electron chi connectivity index (χ2n) is 2.91.